The lowest BCUT2D eigenvalue weighted by molar-refractivity contribution is -0.119. The zero-order valence-corrected chi connectivity index (χ0v) is 16.0. The molecule has 0 aliphatic carbocycles. The number of benzene rings is 2. The van der Waals surface area contributed by atoms with Gasteiger partial charge in [-0.2, -0.15) is 4.68 Å². The van der Waals surface area contributed by atoms with E-state index in [0.717, 1.165) is 15.6 Å². The number of hydrogen-bond donors (Lipinski definition) is 1. The molecule has 0 unspecified atom stereocenters. The predicted molar refractivity (Wildman–Crippen MR) is 109 cm³/mol. The summed E-state index contributed by atoms with van der Waals surface area (Å²) in [6, 6.07) is 14.2. The minimum absolute atomic E-state index is 0.314. The lowest BCUT2D eigenvalue weighted by Gasteiger charge is -2.15. The summed E-state index contributed by atoms with van der Waals surface area (Å²) in [5, 5.41) is 12.3. The second-order valence-electron chi connectivity index (χ2n) is 7.08. The first-order valence-electron chi connectivity index (χ1n) is 9.22. The van der Waals surface area contributed by atoms with Crippen molar-refractivity contribution in [3.63, 3.8) is 0 Å². The number of fused-ring (bicyclic) bond motifs is 2. The Labute approximate surface area is 161 Å². The fourth-order valence-electron chi connectivity index (χ4n) is 3.35. The number of amides is 1. The summed E-state index contributed by atoms with van der Waals surface area (Å²) in [7, 11) is 0. The molecule has 0 aliphatic heterocycles. The summed E-state index contributed by atoms with van der Waals surface area (Å²) < 4.78 is 3.27. The van der Waals surface area contributed by atoms with Crippen LogP contribution in [0.2, 0.25) is 0 Å². The van der Waals surface area contributed by atoms with Gasteiger partial charge in [-0.1, -0.05) is 23.4 Å². The average Bonchev–Trinajstić information content (AvgIpc) is 3.13. The highest BCUT2D eigenvalue weighted by atomic mass is 16.2. The summed E-state index contributed by atoms with van der Waals surface area (Å²) in [6.45, 7) is 5.86. The molecule has 4 aromatic rings. The van der Waals surface area contributed by atoms with Crippen LogP contribution in [0.1, 0.15) is 32.9 Å². The van der Waals surface area contributed by atoms with Crippen molar-refractivity contribution in [2.45, 2.75) is 32.9 Å². The summed E-state index contributed by atoms with van der Waals surface area (Å²) in [5.41, 5.74) is 1.92. The van der Waals surface area contributed by atoms with Crippen molar-refractivity contribution in [3.8, 4) is 0 Å². The van der Waals surface area contributed by atoms with Gasteiger partial charge in [0.2, 0.25) is 5.91 Å². The fraction of sp³-hybridized carbons (Fsp3) is 0.238. The summed E-state index contributed by atoms with van der Waals surface area (Å²) in [6.07, 6.45) is 2.01. The zero-order valence-electron chi connectivity index (χ0n) is 16.0. The number of nitrogens with zero attached hydrogens (tertiary/aromatic N) is 4. The topological polar surface area (TPSA) is 81.8 Å². The molecular formula is C21H21N5O2. The van der Waals surface area contributed by atoms with Gasteiger partial charge in [0, 0.05) is 17.6 Å². The van der Waals surface area contributed by atoms with Crippen LogP contribution < -0.4 is 10.9 Å². The maximum Gasteiger partial charge on any atom is 0.278 e. The van der Waals surface area contributed by atoms with Crippen molar-refractivity contribution in [2.24, 2.45) is 0 Å². The quantitative estimate of drug-likeness (QED) is 0.592. The first-order chi connectivity index (χ1) is 13.5. The van der Waals surface area contributed by atoms with Gasteiger partial charge in [-0.3, -0.25) is 9.59 Å². The highest BCUT2D eigenvalue weighted by molar-refractivity contribution is 6.02. The monoisotopic (exact) mass is 375 g/mol. The van der Waals surface area contributed by atoms with Gasteiger partial charge in [-0.05, 0) is 51.1 Å². The molecule has 7 heteroatoms. The normalized spacial score (nSPS) is 12.6. The Bertz CT molecular complexity index is 1240. The van der Waals surface area contributed by atoms with Crippen molar-refractivity contribution >= 4 is 33.4 Å². The SMILES string of the molecule is CC(C)n1ccc2c(NC(=O)[C@@H](C)n3nnc4ccccc4c3=O)cccc21. The molecule has 0 saturated carbocycles. The molecule has 0 spiro atoms. The second-order valence-corrected chi connectivity index (χ2v) is 7.08. The maximum absolute atomic E-state index is 12.8. The van der Waals surface area contributed by atoms with Crippen molar-refractivity contribution < 1.29 is 4.79 Å². The first kappa shape index (κ1) is 17.9. The minimum atomic E-state index is -0.799. The van der Waals surface area contributed by atoms with Gasteiger partial charge in [0.1, 0.15) is 11.6 Å². The molecule has 28 heavy (non-hydrogen) atoms. The molecule has 2 heterocycles. The van der Waals surface area contributed by atoms with E-state index in [1.807, 2.05) is 30.5 Å². The number of nitrogens with one attached hydrogen (secondary N) is 1. The summed E-state index contributed by atoms with van der Waals surface area (Å²) in [4.78, 5) is 25.5. The van der Waals surface area contributed by atoms with Crippen LogP contribution in [0.15, 0.2) is 59.5 Å². The lowest BCUT2D eigenvalue weighted by atomic mass is 10.2. The van der Waals surface area contributed by atoms with Gasteiger partial charge < -0.3 is 9.88 Å². The molecule has 4 rings (SSSR count). The molecule has 0 aliphatic rings. The number of carbonyl (C=O) groups excluding carboxylic acids is 1. The Morgan fingerprint density at radius 2 is 1.79 bits per heavy atom. The standard InChI is InChI=1S/C21H21N5O2/c1-13(2)25-12-11-15-17(9-6-10-19(15)25)22-20(27)14(3)26-21(28)16-7-4-5-8-18(16)23-24-26/h4-14H,1-3H3,(H,22,27)/t14-/m1/s1. The Morgan fingerprint density at radius 1 is 1.00 bits per heavy atom. The molecule has 0 bridgehead atoms. The van der Waals surface area contributed by atoms with Gasteiger partial charge in [0.15, 0.2) is 0 Å². The Kier molecular flexibility index (Phi) is 4.43. The van der Waals surface area contributed by atoms with Crippen molar-refractivity contribution in [3.05, 3.63) is 65.1 Å². The molecule has 142 valence electrons. The van der Waals surface area contributed by atoms with E-state index in [1.54, 1.807) is 31.2 Å². The van der Waals surface area contributed by atoms with E-state index < -0.39 is 6.04 Å². The molecule has 7 nitrogen and oxygen atoms in total. The Hall–Kier alpha value is -3.48. The average molecular weight is 375 g/mol. The second kappa shape index (κ2) is 6.92. The molecule has 2 aromatic carbocycles. The van der Waals surface area contributed by atoms with E-state index in [1.165, 1.54) is 0 Å². The minimum Gasteiger partial charge on any atom is -0.345 e. The molecule has 1 atom stereocenters. The van der Waals surface area contributed by atoms with E-state index in [4.69, 9.17) is 0 Å². The van der Waals surface area contributed by atoms with Crippen LogP contribution in [0.3, 0.4) is 0 Å². The van der Waals surface area contributed by atoms with Crippen molar-refractivity contribution in [2.75, 3.05) is 5.32 Å². The van der Waals surface area contributed by atoms with Crippen LogP contribution >= 0.6 is 0 Å². The van der Waals surface area contributed by atoms with Gasteiger partial charge in [0.25, 0.3) is 5.56 Å². The first-order valence-corrected chi connectivity index (χ1v) is 9.22. The van der Waals surface area contributed by atoms with Crippen LogP contribution in [-0.4, -0.2) is 25.5 Å². The number of hydrogen-bond acceptors (Lipinski definition) is 4. The third-order valence-electron chi connectivity index (χ3n) is 4.91. The molecule has 1 N–H and O–H groups in total. The molecule has 2 aromatic heterocycles. The lowest BCUT2D eigenvalue weighted by Crippen LogP contribution is -2.34. The highest BCUT2D eigenvalue weighted by Gasteiger charge is 2.20. The molecule has 0 radical (unpaired) electrons. The van der Waals surface area contributed by atoms with E-state index in [9.17, 15) is 9.59 Å². The van der Waals surface area contributed by atoms with E-state index >= 15 is 0 Å². The fourth-order valence-corrected chi connectivity index (χ4v) is 3.35. The molecule has 0 fully saturated rings. The Morgan fingerprint density at radius 3 is 2.57 bits per heavy atom. The number of rotatable bonds is 4. The van der Waals surface area contributed by atoms with Crippen LogP contribution in [-0.2, 0) is 4.79 Å². The van der Waals surface area contributed by atoms with Crippen molar-refractivity contribution in [1.29, 1.82) is 0 Å². The van der Waals surface area contributed by atoms with Crippen molar-refractivity contribution in [1.82, 2.24) is 19.6 Å². The van der Waals surface area contributed by atoms with Gasteiger partial charge in [-0.15, -0.1) is 5.10 Å². The molecule has 0 saturated heterocycles. The molecule has 1 amide bonds. The number of carbonyl (C=O) groups is 1. The van der Waals surface area contributed by atoms with Crippen LogP contribution in [0.4, 0.5) is 5.69 Å². The highest BCUT2D eigenvalue weighted by Crippen LogP contribution is 2.27. The van der Waals surface area contributed by atoms with E-state index in [2.05, 4.69) is 34.0 Å². The Balaban J connectivity index is 1.67. The third-order valence-corrected chi connectivity index (χ3v) is 4.91. The van der Waals surface area contributed by atoms with Gasteiger partial charge in [0.05, 0.1) is 16.6 Å². The van der Waals surface area contributed by atoms with Gasteiger partial charge >= 0.3 is 0 Å². The summed E-state index contributed by atoms with van der Waals surface area (Å²) in [5.74, 6) is -0.323. The zero-order chi connectivity index (χ0) is 19.8. The summed E-state index contributed by atoms with van der Waals surface area (Å²) >= 11 is 0. The van der Waals surface area contributed by atoms with Crippen LogP contribution in [0, 0.1) is 0 Å². The third kappa shape index (κ3) is 2.94. The number of aromatic nitrogens is 4. The number of anilines is 1. The van der Waals surface area contributed by atoms with Crippen LogP contribution in [0.5, 0.6) is 0 Å². The maximum atomic E-state index is 12.8. The largest absolute Gasteiger partial charge is 0.345 e. The van der Waals surface area contributed by atoms with E-state index in [0.29, 0.717) is 22.6 Å². The predicted octanol–water partition coefficient (Wildman–Crippen LogP) is 3.53. The molecular weight excluding hydrogens is 354 g/mol. The van der Waals surface area contributed by atoms with E-state index in [-0.39, 0.29) is 11.5 Å². The van der Waals surface area contributed by atoms with Crippen LogP contribution in [0.25, 0.3) is 21.8 Å². The smallest absolute Gasteiger partial charge is 0.278 e. The van der Waals surface area contributed by atoms with Gasteiger partial charge in [-0.25, -0.2) is 0 Å².